The predicted molar refractivity (Wildman–Crippen MR) is 39.8 cm³/mol. The van der Waals surface area contributed by atoms with E-state index in [0.717, 1.165) is 25.7 Å². The average molecular weight is 142 g/mol. The number of aliphatic hydroxyl groups is 2. The van der Waals surface area contributed by atoms with Gasteiger partial charge in [0.2, 0.25) is 0 Å². The van der Waals surface area contributed by atoms with Gasteiger partial charge in [-0.15, -0.1) is 0 Å². The van der Waals surface area contributed by atoms with Crippen LogP contribution in [0.15, 0.2) is 11.8 Å². The summed E-state index contributed by atoms with van der Waals surface area (Å²) in [6.07, 6.45) is 5.51. The molecular weight excluding hydrogens is 128 g/mol. The zero-order valence-corrected chi connectivity index (χ0v) is 6.08. The van der Waals surface area contributed by atoms with Crippen LogP contribution in [0.25, 0.3) is 0 Å². The topological polar surface area (TPSA) is 40.5 Å². The van der Waals surface area contributed by atoms with Gasteiger partial charge in [0.1, 0.15) is 0 Å². The van der Waals surface area contributed by atoms with E-state index in [1.807, 2.05) is 6.08 Å². The molecule has 0 aromatic carbocycles. The van der Waals surface area contributed by atoms with Gasteiger partial charge in [-0.3, -0.25) is 0 Å². The molecule has 0 fully saturated rings. The van der Waals surface area contributed by atoms with Gasteiger partial charge in [0.25, 0.3) is 0 Å². The molecule has 1 rings (SSSR count). The molecule has 1 unspecified atom stereocenters. The smallest absolute Gasteiger partial charge is 0.0883 e. The van der Waals surface area contributed by atoms with Gasteiger partial charge in [-0.1, -0.05) is 0 Å². The average Bonchev–Trinajstić information content (AvgIpc) is 1.95. The quantitative estimate of drug-likeness (QED) is 0.615. The lowest BCUT2D eigenvalue weighted by Gasteiger charge is -2.17. The maximum absolute atomic E-state index is 8.99. The number of allylic oxidation sites excluding steroid dienone is 2. The van der Waals surface area contributed by atoms with Crippen molar-refractivity contribution in [2.45, 2.75) is 25.7 Å². The summed E-state index contributed by atoms with van der Waals surface area (Å²) >= 11 is 0. The van der Waals surface area contributed by atoms with Gasteiger partial charge in [0.05, 0.1) is 5.76 Å². The van der Waals surface area contributed by atoms with E-state index < -0.39 is 0 Å². The minimum absolute atomic E-state index is 0.277. The summed E-state index contributed by atoms with van der Waals surface area (Å²) in [7, 11) is 0. The van der Waals surface area contributed by atoms with Crippen LogP contribution in [0.2, 0.25) is 0 Å². The van der Waals surface area contributed by atoms with Crippen LogP contribution in [0.5, 0.6) is 0 Å². The fourth-order valence-corrected chi connectivity index (χ4v) is 1.32. The second-order valence-electron chi connectivity index (χ2n) is 2.85. The summed E-state index contributed by atoms with van der Waals surface area (Å²) in [6, 6.07) is 0. The molecule has 0 amide bonds. The van der Waals surface area contributed by atoms with E-state index in [4.69, 9.17) is 10.2 Å². The molecule has 0 bridgehead atoms. The van der Waals surface area contributed by atoms with Crippen LogP contribution < -0.4 is 0 Å². The molecule has 2 heteroatoms. The van der Waals surface area contributed by atoms with Crippen LogP contribution in [-0.4, -0.2) is 16.8 Å². The van der Waals surface area contributed by atoms with Crippen molar-refractivity contribution in [3.8, 4) is 0 Å². The van der Waals surface area contributed by atoms with E-state index in [9.17, 15) is 0 Å². The fourth-order valence-electron chi connectivity index (χ4n) is 1.32. The van der Waals surface area contributed by atoms with Gasteiger partial charge in [-0.05, 0) is 31.3 Å². The molecule has 0 radical (unpaired) electrons. The first kappa shape index (κ1) is 7.61. The van der Waals surface area contributed by atoms with E-state index in [0.29, 0.717) is 11.7 Å². The van der Waals surface area contributed by atoms with Gasteiger partial charge in [0, 0.05) is 13.0 Å². The zero-order chi connectivity index (χ0) is 7.40. The monoisotopic (exact) mass is 142 g/mol. The van der Waals surface area contributed by atoms with Gasteiger partial charge in [0.15, 0.2) is 0 Å². The summed E-state index contributed by atoms with van der Waals surface area (Å²) in [5.74, 6) is 1.12. The second-order valence-corrected chi connectivity index (χ2v) is 2.85. The molecule has 2 nitrogen and oxygen atoms in total. The Kier molecular flexibility index (Phi) is 2.75. The maximum Gasteiger partial charge on any atom is 0.0883 e. The summed E-state index contributed by atoms with van der Waals surface area (Å²) in [5, 5.41) is 17.6. The van der Waals surface area contributed by atoms with Crippen LogP contribution in [0.3, 0.4) is 0 Å². The molecule has 2 N–H and O–H groups in total. The minimum Gasteiger partial charge on any atom is -0.513 e. The van der Waals surface area contributed by atoms with Crippen molar-refractivity contribution >= 4 is 0 Å². The van der Waals surface area contributed by atoms with Crippen molar-refractivity contribution in [1.29, 1.82) is 0 Å². The molecule has 0 saturated heterocycles. The molecule has 1 aliphatic carbocycles. The van der Waals surface area contributed by atoms with Crippen molar-refractivity contribution in [2.24, 2.45) is 5.92 Å². The number of aliphatic hydroxyl groups excluding tert-OH is 2. The Morgan fingerprint density at radius 3 is 2.90 bits per heavy atom. The normalized spacial score (nSPS) is 26.1. The van der Waals surface area contributed by atoms with Gasteiger partial charge in [-0.2, -0.15) is 0 Å². The lowest BCUT2D eigenvalue weighted by atomic mass is 9.91. The maximum atomic E-state index is 8.99. The summed E-state index contributed by atoms with van der Waals surface area (Å²) in [6.45, 7) is 0.277. The minimum atomic E-state index is 0.277. The van der Waals surface area contributed by atoms with Gasteiger partial charge < -0.3 is 10.2 Å². The van der Waals surface area contributed by atoms with Crippen LogP contribution in [-0.2, 0) is 0 Å². The summed E-state index contributed by atoms with van der Waals surface area (Å²) in [4.78, 5) is 0. The van der Waals surface area contributed by atoms with Crippen molar-refractivity contribution in [3.63, 3.8) is 0 Å². The van der Waals surface area contributed by atoms with Crippen LogP contribution in [0.4, 0.5) is 0 Å². The first-order chi connectivity index (χ1) is 4.83. The van der Waals surface area contributed by atoms with E-state index in [-0.39, 0.29) is 6.61 Å². The third-order valence-electron chi connectivity index (χ3n) is 2.03. The SMILES string of the molecule is OCCC1CC=C(O)CC1. The van der Waals surface area contributed by atoms with E-state index >= 15 is 0 Å². The highest BCUT2D eigenvalue weighted by Gasteiger charge is 2.12. The lowest BCUT2D eigenvalue weighted by Crippen LogP contribution is -2.07. The molecular formula is C8H14O2. The Hall–Kier alpha value is -0.500. The Bertz CT molecular complexity index is 129. The van der Waals surface area contributed by atoms with Crippen LogP contribution >= 0.6 is 0 Å². The van der Waals surface area contributed by atoms with Crippen molar-refractivity contribution < 1.29 is 10.2 Å². The van der Waals surface area contributed by atoms with E-state index in [1.54, 1.807) is 0 Å². The Labute approximate surface area is 61.2 Å². The number of rotatable bonds is 2. The third kappa shape index (κ3) is 2.03. The molecule has 0 spiro atoms. The molecule has 0 aromatic heterocycles. The second kappa shape index (κ2) is 3.62. The fraction of sp³-hybridized carbons (Fsp3) is 0.750. The van der Waals surface area contributed by atoms with Crippen LogP contribution in [0.1, 0.15) is 25.7 Å². The Morgan fingerprint density at radius 1 is 1.60 bits per heavy atom. The standard InChI is InChI=1S/C8H14O2/c9-6-5-7-1-3-8(10)4-2-7/h3,7,9-10H,1-2,4-6H2. The summed E-state index contributed by atoms with van der Waals surface area (Å²) in [5.41, 5.74) is 0. The number of hydrogen-bond donors (Lipinski definition) is 2. The predicted octanol–water partition coefficient (Wildman–Crippen LogP) is 1.61. The molecule has 58 valence electrons. The molecule has 0 heterocycles. The first-order valence-electron chi connectivity index (χ1n) is 3.82. The zero-order valence-electron chi connectivity index (χ0n) is 6.08. The third-order valence-corrected chi connectivity index (χ3v) is 2.03. The van der Waals surface area contributed by atoms with Crippen molar-refractivity contribution in [2.75, 3.05) is 6.61 Å². The lowest BCUT2D eigenvalue weighted by molar-refractivity contribution is 0.240. The summed E-state index contributed by atoms with van der Waals surface area (Å²) < 4.78 is 0. The first-order valence-corrected chi connectivity index (χ1v) is 3.82. The highest BCUT2D eigenvalue weighted by molar-refractivity contribution is 4.96. The highest BCUT2D eigenvalue weighted by atomic mass is 16.3. The highest BCUT2D eigenvalue weighted by Crippen LogP contribution is 2.23. The molecule has 0 aliphatic heterocycles. The van der Waals surface area contributed by atoms with Gasteiger partial charge in [-0.25, -0.2) is 0 Å². The molecule has 0 aromatic rings. The van der Waals surface area contributed by atoms with Gasteiger partial charge >= 0.3 is 0 Å². The molecule has 1 aliphatic rings. The Morgan fingerprint density at radius 2 is 2.40 bits per heavy atom. The molecule has 0 saturated carbocycles. The van der Waals surface area contributed by atoms with Crippen molar-refractivity contribution in [1.82, 2.24) is 0 Å². The van der Waals surface area contributed by atoms with E-state index in [1.165, 1.54) is 0 Å². The Balaban J connectivity index is 2.27. The largest absolute Gasteiger partial charge is 0.513 e. The van der Waals surface area contributed by atoms with Crippen molar-refractivity contribution in [3.05, 3.63) is 11.8 Å². The molecule has 10 heavy (non-hydrogen) atoms. The van der Waals surface area contributed by atoms with E-state index in [2.05, 4.69) is 0 Å². The van der Waals surface area contributed by atoms with Crippen LogP contribution in [0, 0.1) is 5.92 Å². The number of hydrogen-bond acceptors (Lipinski definition) is 2. The molecule has 1 atom stereocenters.